The summed E-state index contributed by atoms with van der Waals surface area (Å²) in [5, 5.41) is 0. The van der Waals surface area contributed by atoms with Gasteiger partial charge in [0, 0.05) is 32.4 Å². The monoisotopic (exact) mass is 233 g/mol. The van der Waals surface area contributed by atoms with Crippen LogP contribution in [-0.2, 0) is 17.8 Å². The SMILES string of the molecule is NCc1ccc(CN2CC3CCC(C2)O3)nc1. The van der Waals surface area contributed by atoms with E-state index in [2.05, 4.69) is 22.0 Å². The molecule has 1 aromatic rings. The van der Waals surface area contributed by atoms with E-state index >= 15 is 0 Å². The molecule has 0 aromatic carbocycles. The Kier molecular flexibility index (Phi) is 3.09. The minimum atomic E-state index is 0.456. The van der Waals surface area contributed by atoms with Crippen molar-refractivity contribution in [1.29, 1.82) is 0 Å². The van der Waals surface area contributed by atoms with Crippen molar-refractivity contribution < 1.29 is 4.74 Å². The molecule has 4 nitrogen and oxygen atoms in total. The molecule has 0 amide bonds. The molecule has 2 unspecified atom stereocenters. The van der Waals surface area contributed by atoms with E-state index in [1.807, 2.05) is 6.20 Å². The van der Waals surface area contributed by atoms with Crippen molar-refractivity contribution in [2.75, 3.05) is 13.1 Å². The van der Waals surface area contributed by atoms with Gasteiger partial charge in [-0.2, -0.15) is 0 Å². The standard InChI is InChI=1S/C13H19N3O/c14-5-10-1-2-11(15-6-10)7-16-8-12-3-4-13(9-16)17-12/h1-2,6,12-13H,3-5,7-9,14H2. The van der Waals surface area contributed by atoms with Crippen LogP contribution in [0.15, 0.2) is 18.3 Å². The number of fused-ring (bicyclic) bond motifs is 2. The third-order valence-corrected chi connectivity index (χ3v) is 3.63. The Morgan fingerprint density at radius 2 is 2.06 bits per heavy atom. The topological polar surface area (TPSA) is 51.4 Å². The van der Waals surface area contributed by atoms with Gasteiger partial charge in [0.25, 0.3) is 0 Å². The van der Waals surface area contributed by atoms with Crippen LogP contribution in [0.3, 0.4) is 0 Å². The van der Waals surface area contributed by atoms with Crippen molar-refractivity contribution in [3.63, 3.8) is 0 Å². The summed E-state index contributed by atoms with van der Waals surface area (Å²) in [7, 11) is 0. The van der Waals surface area contributed by atoms with Crippen LogP contribution in [0.1, 0.15) is 24.1 Å². The number of hydrogen-bond donors (Lipinski definition) is 1. The molecule has 0 saturated carbocycles. The summed E-state index contributed by atoms with van der Waals surface area (Å²) in [6.45, 7) is 3.60. The summed E-state index contributed by atoms with van der Waals surface area (Å²) >= 11 is 0. The molecule has 2 atom stereocenters. The van der Waals surface area contributed by atoms with E-state index in [0.29, 0.717) is 18.8 Å². The van der Waals surface area contributed by atoms with Gasteiger partial charge in [-0.3, -0.25) is 9.88 Å². The Labute approximate surface area is 102 Å². The molecule has 2 bridgehead atoms. The Balaban J connectivity index is 1.62. The Hall–Kier alpha value is -0.970. The van der Waals surface area contributed by atoms with Crippen molar-refractivity contribution >= 4 is 0 Å². The number of likely N-dealkylation sites (tertiary alicyclic amines) is 1. The lowest BCUT2D eigenvalue weighted by Crippen LogP contribution is -2.42. The van der Waals surface area contributed by atoms with Crippen molar-refractivity contribution in [2.45, 2.75) is 38.1 Å². The minimum Gasteiger partial charge on any atom is -0.372 e. The summed E-state index contributed by atoms with van der Waals surface area (Å²) in [6, 6.07) is 4.15. The predicted octanol–water partition coefficient (Wildman–Crippen LogP) is 0.903. The van der Waals surface area contributed by atoms with Gasteiger partial charge < -0.3 is 10.5 Å². The minimum absolute atomic E-state index is 0.456. The number of morpholine rings is 1. The van der Waals surface area contributed by atoms with Gasteiger partial charge >= 0.3 is 0 Å². The van der Waals surface area contributed by atoms with Crippen LogP contribution in [0, 0.1) is 0 Å². The number of hydrogen-bond acceptors (Lipinski definition) is 4. The van der Waals surface area contributed by atoms with E-state index in [1.165, 1.54) is 12.8 Å². The summed E-state index contributed by atoms with van der Waals surface area (Å²) in [5.74, 6) is 0. The van der Waals surface area contributed by atoms with E-state index in [4.69, 9.17) is 10.5 Å². The van der Waals surface area contributed by atoms with E-state index in [-0.39, 0.29) is 0 Å². The molecule has 3 rings (SSSR count). The predicted molar refractivity (Wildman–Crippen MR) is 65.3 cm³/mol. The van der Waals surface area contributed by atoms with E-state index in [1.54, 1.807) is 0 Å². The fraction of sp³-hybridized carbons (Fsp3) is 0.615. The first-order valence-electron chi connectivity index (χ1n) is 6.35. The molecular formula is C13H19N3O. The Morgan fingerprint density at radius 3 is 2.65 bits per heavy atom. The van der Waals surface area contributed by atoms with Gasteiger partial charge in [0.2, 0.25) is 0 Å². The normalized spacial score (nSPS) is 28.5. The van der Waals surface area contributed by atoms with Crippen LogP contribution in [0.25, 0.3) is 0 Å². The maximum Gasteiger partial charge on any atom is 0.0707 e. The van der Waals surface area contributed by atoms with Gasteiger partial charge in [0.15, 0.2) is 0 Å². The molecule has 17 heavy (non-hydrogen) atoms. The second kappa shape index (κ2) is 4.72. The van der Waals surface area contributed by atoms with Crippen LogP contribution >= 0.6 is 0 Å². The molecule has 0 aliphatic carbocycles. The fourth-order valence-electron chi connectivity index (χ4n) is 2.73. The van der Waals surface area contributed by atoms with Crippen LogP contribution in [-0.4, -0.2) is 35.2 Å². The van der Waals surface area contributed by atoms with Crippen molar-refractivity contribution in [3.05, 3.63) is 29.6 Å². The highest BCUT2D eigenvalue weighted by Gasteiger charge is 2.33. The molecule has 4 heteroatoms. The highest BCUT2D eigenvalue weighted by atomic mass is 16.5. The van der Waals surface area contributed by atoms with E-state index in [9.17, 15) is 0 Å². The number of nitrogens with two attached hydrogens (primary N) is 1. The lowest BCUT2D eigenvalue weighted by atomic mass is 10.2. The summed E-state index contributed by atoms with van der Waals surface area (Å²) in [6.07, 6.45) is 5.24. The first-order valence-corrected chi connectivity index (χ1v) is 6.35. The maximum absolute atomic E-state index is 5.82. The average molecular weight is 233 g/mol. The van der Waals surface area contributed by atoms with Gasteiger partial charge in [-0.15, -0.1) is 0 Å². The molecule has 1 aromatic heterocycles. The van der Waals surface area contributed by atoms with Crippen LogP contribution < -0.4 is 5.73 Å². The first-order chi connectivity index (χ1) is 8.33. The van der Waals surface area contributed by atoms with Gasteiger partial charge in [0.05, 0.1) is 17.9 Å². The largest absolute Gasteiger partial charge is 0.372 e. The number of nitrogens with zero attached hydrogens (tertiary/aromatic N) is 2. The summed E-state index contributed by atoms with van der Waals surface area (Å²) in [4.78, 5) is 6.91. The maximum atomic E-state index is 5.82. The van der Waals surface area contributed by atoms with E-state index in [0.717, 1.165) is 30.9 Å². The quantitative estimate of drug-likeness (QED) is 0.843. The molecular weight excluding hydrogens is 214 g/mol. The Bertz CT molecular complexity index is 367. The third-order valence-electron chi connectivity index (χ3n) is 3.63. The van der Waals surface area contributed by atoms with Crippen LogP contribution in [0.4, 0.5) is 0 Å². The number of rotatable bonds is 3. The highest BCUT2D eigenvalue weighted by Crippen LogP contribution is 2.26. The van der Waals surface area contributed by atoms with E-state index < -0.39 is 0 Å². The number of ether oxygens (including phenoxy) is 1. The average Bonchev–Trinajstić information content (AvgIpc) is 2.70. The highest BCUT2D eigenvalue weighted by molar-refractivity contribution is 5.13. The van der Waals surface area contributed by atoms with Crippen molar-refractivity contribution in [3.8, 4) is 0 Å². The van der Waals surface area contributed by atoms with Gasteiger partial charge in [0.1, 0.15) is 0 Å². The third kappa shape index (κ3) is 2.49. The molecule has 92 valence electrons. The zero-order valence-corrected chi connectivity index (χ0v) is 10.0. The second-order valence-corrected chi connectivity index (χ2v) is 5.01. The fourth-order valence-corrected chi connectivity index (χ4v) is 2.73. The lowest BCUT2D eigenvalue weighted by Gasteiger charge is -2.31. The zero-order valence-electron chi connectivity index (χ0n) is 10.0. The molecule has 2 aliphatic rings. The molecule has 2 fully saturated rings. The molecule has 0 radical (unpaired) electrons. The van der Waals surface area contributed by atoms with Gasteiger partial charge in [-0.1, -0.05) is 6.07 Å². The molecule has 3 heterocycles. The van der Waals surface area contributed by atoms with Gasteiger partial charge in [-0.05, 0) is 24.5 Å². The number of pyridine rings is 1. The second-order valence-electron chi connectivity index (χ2n) is 5.01. The molecule has 2 saturated heterocycles. The molecule has 2 aliphatic heterocycles. The smallest absolute Gasteiger partial charge is 0.0707 e. The lowest BCUT2D eigenvalue weighted by molar-refractivity contribution is -0.0413. The number of aromatic nitrogens is 1. The molecule has 2 N–H and O–H groups in total. The summed E-state index contributed by atoms with van der Waals surface area (Å²) in [5.41, 5.74) is 7.78. The van der Waals surface area contributed by atoms with Crippen LogP contribution in [0.5, 0.6) is 0 Å². The van der Waals surface area contributed by atoms with Crippen LogP contribution in [0.2, 0.25) is 0 Å². The van der Waals surface area contributed by atoms with Gasteiger partial charge in [-0.25, -0.2) is 0 Å². The zero-order chi connectivity index (χ0) is 11.7. The molecule has 0 spiro atoms. The summed E-state index contributed by atoms with van der Waals surface area (Å²) < 4.78 is 5.82. The first kappa shape index (κ1) is 11.1. The van der Waals surface area contributed by atoms with Crippen molar-refractivity contribution in [1.82, 2.24) is 9.88 Å². The van der Waals surface area contributed by atoms with Crippen molar-refractivity contribution in [2.24, 2.45) is 5.73 Å². The Morgan fingerprint density at radius 1 is 1.29 bits per heavy atom.